The monoisotopic (exact) mass is 479 g/mol. The molecule has 2 N–H and O–H groups in total. The van der Waals surface area contributed by atoms with Gasteiger partial charge in [0.05, 0.1) is 36.6 Å². The van der Waals surface area contributed by atoms with E-state index in [4.69, 9.17) is 9.47 Å². The first kappa shape index (κ1) is 24.9. The number of nitriles is 1. The number of thioether (sulfide) groups is 1. The zero-order valence-corrected chi connectivity index (χ0v) is 20.1. The predicted octanol–water partition coefficient (Wildman–Crippen LogP) is 3.42. The molecular formula is C25H25N3O5S. The van der Waals surface area contributed by atoms with Crippen LogP contribution in [0.5, 0.6) is 5.75 Å². The third kappa shape index (κ3) is 5.24. The van der Waals surface area contributed by atoms with Crippen LogP contribution in [0.3, 0.4) is 0 Å². The Morgan fingerprint density at radius 1 is 1.15 bits per heavy atom. The van der Waals surface area contributed by atoms with Crippen molar-refractivity contribution in [3.05, 3.63) is 69.8 Å². The van der Waals surface area contributed by atoms with Crippen molar-refractivity contribution in [2.45, 2.75) is 19.8 Å². The summed E-state index contributed by atoms with van der Waals surface area (Å²) in [5.74, 6) is -3.49. The number of amides is 2. The van der Waals surface area contributed by atoms with Crippen LogP contribution >= 0.6 is 11.8 Å². The Morgan fingerprint density at radius 3 is 2.53 bits per heavy atom. The van der Waals surface area contributed by atoms with Crippen molar-refractivity contribution in [3.63, 3.8) is 0 Å². The third-order valence-electron chi connectivity index (χ3n) is 5.60. The summed E-state index contributed by atoms with van der Waals surface area (Å²) in [6, 6.07) is 14.6. The number of ether oxygens (including phenoxy) is 2. The van der Waals surface area contributed by atoms with Crippen LogP contribution in [-0.4, -0.2) is 37.8 Å². The second-order valence-electron chi connectivity index (χ2n) is 7.70. The van der Waals surface area contributed by atoms with Gasteiger partial charge >= 0.3 is 5.97 Å². The lowest BCUT2D eigenvalue weighted by atomic mass is 9.78. The molecule has 0 radical (unpaired) electrons. The average molecular weight is 480 g/mol. The minimum Gasteiger partial charge on any atom is -0.496 e. The molecule has 34 heavy (non-hydrogen) atoms. The van der Waals surface area contributed by atoms with Crippen LogP contribution in [0.2, 0.25) is 0 Å². The maximum Gasteiger partial charge on any atom is 0.319 e. The number of rotatable bonds is 7. The number of anilines is 1. The van der Waals surface area contributed by atoms with E-state index in [1.165, 1.54) is 14.2 Å². The van der Waals surface area contributed by atoms with Gasteiger partial charge in [0.25, 0.3) is 0 Å². The van der Waals surface area contributed by atoms with E-state index in [0.29, 0.717) is 17.0 Å². The number of allylic oxidation sites excluding steroid dienone is 1. The minimum atomic E-state index is -1.27. The Balaban J connectivity index is 1.92. The second kappa shape index (κ2) is 10.9. The maximum absolute atomic E-state index is 12.9. The molecule has 0 spiro atoms. The van der Waals surface area contributed by atoms with Crippen LogP contribution < -0.4 is 15.4 Å². The highest BCUT2D eigenvalue weighted by atomic mass is 32.2. The van der Waals surface area contributed by atoms with Crippen molar-refractivity contribution < 1.29 is 23.9 Å². The lowest BCUT2D eigenvalue weighted by molar-refractivity contribution is -0.150. The van der Waals surface area contributed by atoms with E-state index in [-0.39, 0.29) is 22.3 Å². The number of carbonyl (C=O) groups is 3. The molecule has 0 bridgehead atoms. The normalized spacial score (nSPS) is 17.4. The van der Waals surface area contributed by atoms with Gasteiger partial charge in [-0.1, -0.05) is 36.0 Å². The smallest absolute Gasteiger partial charge is 0.319 e. The molecule has 0 saturated heterocycles. The van der Waals surface area contributed by atoms with E-state index < -0.39 is 23.7 Å². The van der Waals surface area contributed by atoms with Gasteiger partial charge in [-0.25, -0.2) is 0 Å². The number of methoxy groups -OCH3 is 2. The fourth-order valence-corrected chi connectivity index (χ4v) is 4.58. The molecule has 176 valence electrons. The molecule has 1 aliphatic rings. The minimum absolute atomic E-state index is 0.0464. The highest BCUT2D eigenvalue weighted by molar-refractivity contribution is 8.03. The molecule has 0 aromatic heterocycles. The Kier molecular flexibility index (Phi) is 7.97. The fraction of sp³-hybridized carbons (Fsp3) is 0.280. The van der Waals surface area contributed by atoms with Crippen molar-refractivity contribution in [3.8, 4) is 11.8 Å². The number of benzene rings is 2. The van der Waals surface area contributed by atoms with E-state index in [1.54, 1.807) is 24.3 Å². The molecular weight excluding hydrogens is 454 g/mol. The lowest BCUT2D eigenvalue weighted by Crippen LogP contribution is -2.44. The van der Waals surface area contributed by atoms with Crippen molar-refractivity contribution in [2.75, 3.05) is 25.3 Å². The Labute approximate surface area is 202 Å². The van der Waals surface area contributed by atoms with Crippen LogP contribution in [0.25, 0.3) is 0 Å². The van der Waals surface area contributed by atoms with Crippen LogP contribution in [0.15, 0.2) is 53.1 Å². The predicted molar refractivity (Wildman–Crippen MR) is 129 cm³/mol. The Morgan fingerprint density at radius 2 is 1.88 bits per heavy atom. The van der Waals surface area contributed by atoms with Crippen molar-refractivity contribution >= 4 is 35.2 Å². The summed E-state index contributed by atoms with van der Waals surface area (Å²) in [7, 11) is 2.66. The van der Waals surface area contributed by atoms with E-state index in [0.717, 1.165) is 22.9 Å². The average Bonchev–Trinajstić information content (AvgIpc) is 2.84. The van der Waals surface area contributed by atoms with Crippen molar-refractivity contribution in [2.24, 2.45) is 5.92 Å². The second-order valence-corrected chi connectivity index (χ2v) is 8.69. The van der Waals surface area contributed by atoms with Gasteiger partial charge in [-0.15, -0.1) is 0 Å². The number of nitrogens with zero attached hydrogens (tertiary/aromatic N) is 1. The summed E-state index contributed by atoms with van der Waals surface area (Å²) in [5.41, 5.74) is 3.48. The summed E-state index contributed by atoms with van der Waals surface area (Å²) in [4.78, 5) is 38.0. The summed E-state index contributed by atoms with van der Waals surface area (Å²) in [5, 5.41) is 15.7. The summed E-state index contributed by atoms with van der Waals surface area (Å²) in [6.45, 7) is 3.94. The van der Waals surface area contributed by atoms with Crippen LogP contribution in [0.4, 0.5) is 5.69 Å². The number of nitrogens with one attached hydrogen (secondary N) is 2. The number of hydrogen-bond acceptors (Lipinski definition) is 7. The number of esters is 1. The number of para-hydroxylation sites is 1. The maximum atomic E-state index is 12.9. The summed E-state index contributed by atoms with van der Waals surface area (Å²) >= 11 is 1.02. The molecule has 1 aliphatic heterocycles. The largest absolute Gasteiger partial charge is 0.496 e. The molecule has 1 heterocycles. The molecule has 0 aliphatic carbocycles. The quantitative estimate of drug-likeness (QED) is 0.461. The van der Waals surface area contributed by atoms with Gasteiger partial charge in [0.2, 0.25) is 11.8 Å². The number of aryl methyl sites for hydroxylation is 2. The van der Waals surface area contributed by atoms with Gasteiger partial charge < -0.3 is 20.1 Å². The highest BCUT2D eigenvalue weighted by Gasteiger charge is 2.45. The lowest BCUT2D eigenvalue weighted by Gasteiger charge is -2.31. The third-order valence-corrected chi connectivity index (χ3v) is 6.61. The molecule has 0 unspecified atom stereocenters. The Hall–Kier alpha value is -3.77. The van der Waals surface area contributed by atoms with Gasteiger partial charge in [0.15, 0.2) is 0 Å². The molecule has 2 aromatic carbocycles. The molecule has 2 amide bonds. The SMILES string of the molecule is COC(=O)[C@H]1C(=O)NC(SCC(=O)Nc2ccc(C)c(C)c2)=C(C#N)[C@H]1c1ccccc1OC. The molecule has 9 heteroatoms. The molecule has 8 nitrogen and oxygen atoms in total. The van der Waals surface area contributed by atoms with E-state index in [2.05, 4.69) is 16.7 Å². The molecule has 0 saturated carbocycles. The zero-order chi connectivity index (χ0) is 24.8. The highest BCUT2D eigenvalue weighted by Crippen LogP contribution is 2.43. The van der Waals surface area contributed by atoms with E-state index in [9.17, 15) is 19.6 Å². The van der Waals surface area contributed by atoms with Crippen LogP contribution in [-0.2, 0) is 19.1 Å². The van der Waals surface area contributed by atoms with Crippen LogP contribution in [0, 0.1) is 31.1 Å². The standard InChI is InChI=1S/C25H25N3O5S/c1-14-9-10-16(11-15(14)2)27-20(29)13-34-24-18(12-26)21(17-7-5-6-8-19(17)32-3)22(23(30)28-24)25(31)33-4/h5-11,21-22H,13H2,1-4H3,(H,27,29)(H,28,30)/t21-,22-/m1/s1. The first-order chi connectivity index (χ1) is 16.3. The van der Waals surface area contributed by atoms with Gasteiger partial charge in [0, 0.05) is 17.2 Å². The van der Waals surface area contributed by atoms with E-state index >= 15 is 0 Å². The molecule has 2 atom stereocenters. The van der Waals surface area contributed by atoms with Crippen LogP contribution in [0.1, 0.15) is 22.6 Å². The summed E-state index contributed by atoms with van der Waals surface area (Å²) < 4.78 is 10.3. The number of carbonyl (C=O) groups excluding carboxylic acids is 3. The Bertz CT molecular complexity index is 1200. The topological polar surface area (TPSA) is 118 Å². The molecule has 2 aromatic rings. The van der Waals surface area contributed by atoms with Gasteiger partial charge in [-0.3, -0.25) is 14.4 Å². The fourth-order valence-electron chi connectivity index (χ4n) is 3.73. The first-order valence-electron chi connectivity index (χ1n) is 10.5. The van der Waals surface area contributed by atoms with Gasteiger partial charge in [-0.05, 0) is 43.2 Å². The van der Waals surface area contributed by atoms with Gasteiger partial charge in [-0.2, -0.15) is 5.26 Å². The first-order valence-corrected chi connectivity index (χ1v) is 11.4. The summed E-state index contributed by atoms with van der Waals surface area (Å²) in [6.07, 6.45) is 0. The zero-order valence-electron chi connectivity index (χ0n) is 19.3. The van der Waals surface area contributed by atoms with Crippen molar-refractivity contribution in [1.82, 2.24) is 5.32 Å². The van der Waals surface area contributed by atoms with Crippen molar-refractivity contribution in [1.29, 1.82) is 5.26 Å². The van der Waals surface area contributed by atoms with E-state index in [1.807, 2.05) is 32.0 Å². The molecule has 0 fully saturated rings. The van der Waals surface area contributed by atoms with Gasteiger partial charge in [0.1, 0.15) is 11.7 Å². The molecule has 3 rings (SSSR count). The number of hydrogen-bond donors (Lipinski definition) is 2.